The summed E-state index contributed by atoms with van der Waals surface area (Å²) in [7, 11) is 0. The summed E-state index contributed by atoms with van der Waals surface area (Å²) in [4.78, 5) is 4.34. The average Bonchev–Trinajstić information content (AvgIpc) is 3.54. The molecule has 0 radical (unpaired) electrons. The van der Waals surface area contributed by atoms with Crippen LogP contribution in [0.3, 0.4) is 0 Å². The molecule has 0 spiro atoms. The fourth-order valence-corrected chi connectivity index (χ4v) is 6.64. The summed E-state index contributed by atoms with van der Waals surface area (Å²) in [5.41, 5.74) is 7.16. The number of nitrogens with zero attached hydrogens (tertiary/aromatic N) is 3. The van der Waals surface area contributed by atoms with Gasteiger partial charge < -0.3 is 9.13 Å². The van der Waals surface area contributed by atoms with E-state index in [9.17, 15) is 0 Å². The molecule has 0 aliphatic rings. The Hall–Kier alpha value is -5.41. The highest BCUT2D eigenvalue weighted by atomic mass is 15.0. The topological polar surface area (TPSA) is 22.8 Å². The third-order valence-corrected chi connectivity index (χ3v) is 8.35. The smallest absolute Gasteiger partial charge is 0.0789 e. The predicted molar refractivity (Wildman–Crippen MR) is 168 cm³/mol. The van der Waals surface area contributed by atoms with Crippen LogP contribution in [0.1, 0.15) is 0 Å². The fraction of sp³-hybridized carbons (Fsp3) is 0. The van der Waals surface area contributed by atoms with Gasteiger partial charge in [0.15, 0.2) is 0 Å². The summed E-state index contributed by atoms with van der Waals surface area (Å²) >= 11 is 0. The van der Waals surface area contributed by atoms with Crippen LogP contribution in [0.4, 0.5) is 0 Å². The van der Waals surface area contributed by atoms with E-state index < -0.39 is 0 Å². The third-order valence-electron chi connectivity index (χ3n) is 8.35. The monoisotopic (exact) mass is 509 g/mol. The lowest BCUT2D eigenvalue weighted by molar-refractivity contribution is 1.15. The number of para-hydroxylation sites is 2. The molecule has 0 bridgehead atoms. The Bertz CT molecular complexity index is 2430. The van der Waals surface area contributed by atoms with Crippen LogP contribution in [0, 0.1) is 0 Å². The largest absolute Gasteiger partial charge is 0.307 e. The van der Waals surface area contributed by atoms with Gasteiger partial charge in [-0.15, -0.1) is 0 Å². The van der Waals surface area contributed by atoms with E-state index in [4.69, 9.17) is 0 Å². The molecule has 186 valence electrons. The van der Waals surface area contributed by atoms with Crippen molar-refractivity contribution in [3.63, 3.8) is 0 Å². The number of fused-ring (bicyclic) bond motifs is 10. The number of rotatable bonds is 2. The van der Waals surface area contributed by atoms with Gasteiger partial charge >= 0.3 is 0 Å². The first-order valence-electron chi connectivity index (χ1n) is 13.6. The van der Waals surface area contributed by atoms with Gasteiger partial charge in [0.25, 0.3) is 0 Å². The van der Waals surface area contributed by atoms with E-state index in [0.717, 1.165) is 16.8 Å². The second-order valence-corrected chi connectivity index (χ2v) is 10.5. The average molecular weight is 510 g/mol. The summed E-state index contributed by atoms with van der Waals surface area (Å²) in [6.45, 7) is 0. The molecule has 3 aromatic heterocycles. The lowest BCUT2D eigenvalue weighted by Crippen LogP contribution is -1.98. The van der Waals surface area contributed by atoms with Crippen LogP contribution in [-0.2, 0) is 0 Å². The molecule has 6 aromatic carbocycles. The van der Waals surface area contributed by atoms with Gasteiger partial charge in [0.05, 0.1) is 22.1 Å². The molecule has 0 saturated heterocycles. The molecule has 0 amide bonds. The van der Waals surface area contributed by atoms with Crippen molar-refractivity contribution in [2.24, 2.45) is 0 Å². The Morgan fingerprint density at radius 1 is 0.425 bits per heavy atom. The van der Waals surface area contributed by atoms with Crippen molar-refractivity contribution in [1.82, 2.24) is 14.1 Å². The molecule has 0 fully saturated rings. The zero-order chi connectivity index (χ0) is 26.2. The lowest BCUT2D eigenvalue weighted by Gasteiger charge is -2.13. The van der Waals surface area contributed by atoms with Gasteiger partial charge in [-0.3, -0.25) is 4.98 Å². The minimum atomic E-state index is 1.14. The lowest BCUT2D eigenvalue weighted by atomic mass is 10.0. The number of aromatic nitrogens is 3. The summed E-state index contributed by atoms with van der Waals surface area (Å²) in [6, 6.07) is 46.2. The van der Waals surface area contributed by atoms with Crippen molar-refractivity contribution in [2.75, 3.05) is 0 Å². The van der Waals surface area contributed by atoms with Crippen LogP contribution in [0.15, 0.2) is 140 Å². The predicted octanol–water partition coefficient (Wildman–Crippen LogP) is 9.58. The Labute approximate surface area is 230 Å². The summed E-state index contributed by atoms with van der Waals surface area (Å²) in [6.07, 6.45) is 3.81. The summed E-state index contributed by atoms with van der Waals surface area (Å²) in [5, 5.41) is 9.90. The highest BCUT2D eigenvalue weighted by molar-refractivity contribution is 6.28. The van der Waals surface area contributed by atoms with Gasteiger partial charge in [-0.1, -0.05) is 84.9 Å². The minimum absolute atomic E-state index is 1.14. The van der Waals surface area contributed by atoms with E-state index in [0.29, 0.717) is 0 Å². The van der Waals surface area contributed by atoms with Crippen molar-refractivity contribution in [3.8, 4) is 11.4 Å². The zero-order valence-corrected chi connectivity index (χ0v) is 21.6. The van der Waals surface area contributed by atoms with Crippen molar-refractivity contribution in [3.05, 3.63) is 140 Å². The maximum absolute atomic E-state index is 4.34. The Kier molecular flexibility index (Phi) is 4.33. The van der Waals surface area contributed by atoms with Crippen LogP contribution >= 0.6 is 0 Å². The molecule has 0 unspecified atom stereocenters. The fourth-order valence-electron chi connectivity index (χ4n) is 6.64. The normalized spacial score (nSPS) is 12.0. The molecular formula is C37H23N3. The van der Waals surface area contributed by atoms with Crippen molar-refractivity contribution in [1.29, 1.82) is 0 Å². The molecule has 0 aliphatic heterocycles. The van der Waals surface area contributed by atoms with Crippen molar-refractivity contribution >= 4 is 65.2 Å². The molecular weight excluding hydrogens is 486 g/mol. The highest BCUT2D eigenvalue weighted by Gasteiger charge is 2.22. The van der Waals surface area contributed by atoms with Gasteiger partial charge in [-0.2, -0.15) is 0 Å². The minimum Gasteiger partial charge on any atom is -0.307 e. The molecule has 0 aliphatic carbocycles. The van der Waals surface area contributed by atoms with Gasteiger partial charge in [-0.05, 0) is 58.6 Å². The first-order chi connectivity index (χ1) is 19.9. The zero-order valence-electron chi connectivity index (χ0n) is 21.6. The van der Waals surface area contributed by atoms with Crippen LogP contribution < -0.4 is 0 Å². The first kappa shape index (κ1) is 21.5. The van der Waals surface area contributed by atoms with E-state index in [1.165, 1.54) is 59.8 Å². The Morgan fingerprint density at radius 3 is 2.08 bits per heavy atom. The summed E-state index contributed by atoms with van der Waals surface area (Å²) in [5.74, 6) is 0. The molecule has 0 atom stereocenters. The highest BCUT2D eigenvalue weighted by Crippen LogP contribution is 2.43. The SMILES string of the molecule is c1ccc(-n2c3ccccc3c3ccc4c5c6ccccc6ccc5n(-c5ccc6cnccc6c5)c4c32)cc1. The molecule has 3 heterocycles. The summed E-state index contributed by atoms with van der Waals surface area (Å²) < 4.78 is 4.91. The van der Waals surface area contributed by atoms with E-state index in [1.807, 2.05) is 12.4 Å². The van der Waals surface area contributed by atoms with Gasteiger partial charge in [-0.25, -0.2) is 0 Å². The second-order valence-electron chi connectivity index (χ2n) is 10.5. The van der Waals surface area contributed by atoms with Crippen LogP contribution in [0.5, 0.6) is 0 Å². The Balaban J connectivity index is 1.57. The number of hydrogen-bond donors (Lipinski definition) is 0. The maximum Gasteiger partial charge on any atom is 0.0789 e. The van der Waals surface area contributed by atoms with E-state index in [2.05, 4.69) is 142 Å². The van der Waals surface area contributed by atoms with Crippen LogP contribution in [-0.4, -0.2) is 14.1 Å². The van der Waals surface area contributed by atoms with E-state index in [1.54, 1.807) is 0 Å². The van der Waals surface area contributed by atoms with Crippen LogP contribution in [0.25, 0.3) is 76.5 Å². The molecule has 9 aromatic rings. The molecule has 3 nitrogen and oxygen atoms in total. The molecule has 0 saturated carbocycles. The maximum atomic E-state index is 4.34. The molecule has 40 heavy (non-hydrogen) atoms. The Morgan fingerprint density at radius 2 is 1.15 bits per heavy atom. The third kappa shape index (κ3) is 2.86. The first-order valence-corrected chi connectivity index (χ1v) is 13.6. The van der Waals surface area contributed by atoms with Gasteiger partial charge in [0, 0.05) is 50.7 Å². The molecule has 9 rings (SSSR count). The molecule has 3 heteroatoms. The standard InChI is InChI=1S/C37H23N3/c1-2-9-27(10-3-1)39-33-13-7-6-12-30(33)31-17-18-32-35-29-11-5-4-8-24(29)15-19-34(35)40(37(32)36(31)39)28-16-14-26-23-38-21-20-25(26)22-28/h1-23H. The van der Waals surface area contributed by atoms with Crippen LogP contribution in [0.2, 0.25) is 0 Å². The quantitative estimate of drug-likeness (QED) is 0.227. The van der Waals surface area contributed by atoms with Crippen molar-refractivity contribution < 1.29 is 0 Å². The second kappa shape index (κ2) is 8.05. The van der Waals surface area contributed by atoms with Gasteiger partial charge in [0.1, 0.15) is 0 Å². The number of pyridine rings is 1. The number of benzene rings is 6. The van der Waals surface area contributed by atoms with Crippen molar-refractivity contribution in [2.45, 2.75) is 0 Å². The van der Waals surface area contributed by atoms with E-state index >= 15 is 0 Å². The molecule has 0 N–H and O–H groups in total. The van der Waals surface area contributed by atoms with Gasteiger partial charge in [0.2, 0.25) is 0 Å². The van der Waals surface area contributed by atoms with E-state index in [-0.39, 0.29) is 0 Å². The number of hydrogen-bond acceptors (Lipinski definition) is 1.